The van der Waals surface area contributed by atoms with Gasteiger partial charge in [0.05, 0.1) is 43.9 Å². The highest BCUT2D eigenvalue weighted by atomic mass is 16.5. The van der Waals surface area contributed by atoms with Crippen molar-refractivity contribution >= 4 is 29.2 Å². The number of benzene rings is 2. The van der Waals surface area contributed by atoms with Crippen LogP contribution in [0.5, 0.6) is 0 Å². The standard InChI is InChI=1S/C26H25N5O5/c1-35-25(33)22-21(16-6-4-3-5-7-16)19(14-27)24(28)31(23(22)26(34)36-2)18-10-8-17(9-11-18)30-13-12-29-15-20(30)32/h3-11,21,29H,12-13,15,28H2,1-2H3. The van der Waals surface area contributed by atoms with E-state index in [1.54, 1.807) is 59.5 Å². The Kier molecular flexibility index (Phi) is 7.03. The lowest BCUT2D eigenvalue weighted by atomic mass is 9.81. The van der Waals surface area contributed by atoms with Gasteiger partial charge in [0.2, 0.25) is 5.91 Å². The van der Waals surface area contributed by atoms with Gasteiger partial charge in [-0.3, -0.25) is 9.69 Å². The van der Waals surface area contributed by atoms with E-state index < -0.39 is 17.9 Å². The molecule has 0 radical (unpaired) electrons. The minimum Gasteiger partial charge on any atom is -0.466 e. The maximum absolute atomic E-state index is 13.1. The second-order valence-electron chi connectivity index (χ2n) is 8.07. The Morgan fingerprint density at radius 1 is 1.03 bits per heavy atom. The number of carbonyl (C=O) groups is 3. The summed E-state index contributed by atoms with van der Waals surface area (Å²) in [6.07, 6.45) is 0. The number of carbonyl (C=O) groups excluding carboxylic acids is 3. The SMILES string of the molecule is COC(=O)C1=C(C(=O)OC)N(c2ccc(N3CCNCC3=O)cc2)C(N)=C(C#N)C1c1ccccc1. The largest absolute Gasteiger partial charge is 0.466 e. The van der Waals surface area contributed by atoms with Gasteiger partial charge in [-0.25, -0.2) is 9.59 Å². The maximum Gasteiger partial charge on any atom is 0.355 e. The fourth-order valence-corrected chi connectivity index (χ4v) is 4.44. The van der Waals surface area contributed by atoms with Crippen molar-refractivity contribution in [2.45, 2.75) is 5.92 Å². The molecule has 1 atom stereocenters. The van der Waals surface area contributed by atoms with Crippen molar-refractivity contribution in [1.29, 1.82) is 5.26 Å². The van der Waals surface area contributed by atoms with Crippen LogP contribution in [-0.4, -0.2) is 51.7 Å². The van der Waals surface area contributed by atoms with Gasteiger partial charge in [-0.15, -0.1) is 0 Å². The monoisotopic (exact) mass is 487 g/mol. The smallest absolute Gasteiger partial charge is 0.355 e. The number of allylic oxidation sites excluding steroid dienone is 1. The Balaban J connectivity index is 1.90. The molecule has 0 saturated carbocycles. The van der Waals surface area contributed by atoms with E-state index in [0.29, 0.717) is 30.0 Å². The normalized spacial score (nSPS) is 18.1. The first-order chi connectivity index (χ1) is 17.4. The van der Waals surface area contributed by atoms with E-state index in [4.69, 9.17) is 15.2 Å². The summed E-state index contributed by atoms with van der Waals surface area (Å²) in [7, 11) is 2.39. The Bertz CT molecular complexity index is 1290. The molecule has 2 aromatic rings. The van der Waals surface area contributed by atoms with Gasteiger partial charge >= 0.3 is 11.9 Å². The number of nitriles is 1. The highest BCUT2D eigenvalue weighted by molar-refractivity contribution is 6.06. The third-order valence-electron chi connectivity index (χ3n) is 6.12. The van der Waals surface area contributed by atoms with Gasteiger partial charge in [0.1, 0.15) is 11.5 Å². The van der Waals surface area contributed by atoms with Crippen molar-refractivity contribution in [3.8, 4) is 6.07 Å². The fourth-order valence-electron chi connectivity index (χ4n) is 4.44. The Hall–Kier alpha value is -4.62. The molecule has 0 spiro atoms. The van der Waals surface area contributed by atoms with Crippen molar-refractivity contribution in [2.24, 2.45) is 5.73 Å². The van der Waals surface area contributed by atoms with Crippen LogP contribution in [0.4, 0.5) is 11.4 Å². The minimum absolute atomic E-state index is 0.0228. The topological polar surface area (TPSA) is 138 Å². The summed E-state index contributed by atoms with van der Waals surface area (Å²) in [5.41, 5.74) is 8.02. The Morgan fingerprint density at radius 2 is 1.67 bits per heavy atom. The van der Waals surface area contributed by atoms with E-state index in [2.05, 4.69) is 11.4 Å². The molecule has 1 fully saturated rings. The number of nitrogens with one attached hydrogen (secondary N) is 1. The van der Waals surface area contributed by atoms with Crippen LogP contribution in [0.3, 0.4) is 0 Å². The number of esters is 2. The van der Waals surface area contributed by atoms with Crippen LogP contribution < -0.4 is 20.9 Å². The first-order valence-corrected chi connectivity index (χ1v) is 11.2. The number of nitrogens with zero attached hydrogens (tertiary/aromatic N) is 3. The number of rotatable bonds is 5. The minimum atomic E-state index is -0.938. The molecule has 3 N–H and O–H groups in total. The molecule has 4 rings (SSSR count). The van der Waals surface area contributed by atoms with E-state index in [-0.39, 0.29) is 35.1 Å². The third-order valence-corrected chi connectivity index (χ3v) is 6.12. The van der Waals surface area contributed by atoms with Crippen molar-refractivity contribution in [3.05, 3.63) is 82.8 Å². The summed E-state index contributed by atoms with van der Waals surface area (Å²) in [5.74, 6) is -2.64. The summed E-state index contributed by atoms with van der Waals surface area (Å²) in [6, 6.07) is 17.7. The van der Waals surface area contributed by atoms with Gasteiger partial charge in [-0.2, -0.15) is 5.26 Å². The van der Waals surface area contributed by atoms with Crippen LogP contribution in [0.25, 0.3) is 0 Å². The lowest BCUT2D eigenvalue weighted by molar-refractivity contribution is -0.139. The number of hydrogen-bond donors (Lipinski definition) is 2. The van der Waals surface area contributed by atoms with Crippen LogP contribution in [0.2, 0.25) is 0 Å². The molecule has 1 saturated heterocycles. The molecule has 0 bridgehead atoms. The number of nitrogens with two attached hydrogens (primary N) is 1. The zero-order valence-electron chi connectivity index (χ0n) is 19.9. The lowest BCUT2D eigenvalue weighted by Gasteiger charge is -2.36. The quantitative estimate of drug-likeness (QED) is 0.601. The zero-order valence-corrected chi connectivity index (χ0v) is 19.9. The summed E-state index contributed by atoms with van der Waals surface area (Å²) in [6.45, 7) is 1.42. The number of methoxy groups -OCH3 is 2. The van der Waals surface area contributed by atoms with Crippen molar-refractivity contribution in [3.63, 3.8) is 0 Å². The molecule has 2 aromatic carbocycles. The molecule has 36 heavy (non-hydrogen) atoms. The molecule has 0 aliphatic carbocycles. The highest BCUT2D eigenvalue weighted by Crippen LogP contribution is 2.43. The van der Waals surface area contributed by atoms with E-state index in [0.717, 1.165) is 0 Å². The van der Waals surface area contributed by atoms with Gasteiger partial charge in [-0.05, 0) is 29.8 Å². The lowest BCUT2D eigenvalue weighted by Crippen LogP contribution is -2.48. The van der Waals surface area contributed by atoms with Crippen LogP contribution in [0.15, 0.2) is 77.3 Å². The number of amides is 1. The van der Waals surface area contributed by atoms with Gasteiger partial charge < -0.3 is 25.4 Å². The van der Waals surface area contributed by atoms with Crippen molar-refractivity contribution in [1.82, 2.24) is 5.32 Å². The zero-order chi connectivity index (χ0) is 25.8. The number of hydrogen-bond acceptors (Lipinski definition) is 9. The molecule has 1 unspecified atom stereocenters. The Morgan fingerprint density at radius 3 is 2.25 bits per heavy atom. The van der Waals surface area contributed by atoms with Crippen LogP contribution in [0.1, 0.15) is 11.5 Å². The number of anilines is 2. The molecule has 10 nitrogen and oxygen atoms in total. The second kappa shape index (κ2) is 10.3. The molecule has 184 valence electrons. The van der Waals surface area contributed by atoms with E-state index >= 15 is 0 Å². The molecule has 2 aliphatic heterocycles. The molecule has 1 amide bonds. The predicted octanol–water partition coefficient (Wildman–Crippen LogP) is 1.52. The highest BCUT2D eigenvalue weighted by Gasteiger charge is 2.43. The average Bonchev–Trinajstić information content (AvgIpc) is 2.92. The molecular weight excluding hydrogens is 462 g/mol. The Labute approximate surface area is 208 Å². The van der Waals surface area contributed by atoms with Crippen LogP contribution in [0, 0.1) is 11.3 Å². The second-order valence-corrected chi connectivity index (χ2v) is 8.07. The third kappa shape index (κ3) is 4.28. The van der Waals surface area contributed by atoms with Crippen molar-refractivity contribution in [2.75, 3.05) is 43.7 Å². The summed E-state index contributed by atoms with van der Waals surface area (Å²) >= 11 is 0. The predicted molar refractivity (Wildman–Crippen MR) is 131 cm³/mol. The average molecular weight is 488 g/mol. The fraction of sp³-hybridized carbons (Fsp3) is 0.231. The summed E-state index contributed by atoms with van der Waals surface area (Å²) in [4.78, 5) is 41.4. The van der Waals surface area contributed by atoms with Crippen molar-refractivity contribution < 1.29 is 23.9 Å². The molecule has 2 aliphatic rings. The van der Waals surface area contributed by atoms with Crippen LogP contribution >= 0.6 is 0 Å². The molecule has 0 aromatic heterocycles. The number of ether oxygens (including phenoxy) is 2. The molecular formula is C26H25N5O5. The van der Waals surface area contributed by atoms with Gasteiger partial charge in [-0.1, -0.05) is 30.3 Å². The number of piperazine rings is 1. The summed E-state index contributed by atoms with van der Waals surface area (Å²) in [5, 5.41) is 13.1. The van der Waals surface area contributed by atoms with Crippen LogP contribution in [-0.2, 0) is 23.9 Å². The van der Waals surface area contributed by atoms with E-state index in [1.165, 1.54) is 19.1 Å². The van der Waals surface area contributed by atoms with Gasteiger partial charge in [0.25, 0.3) is 0 Å². The first kappa shape index (κ1) is 24.5. The summed E-state index contributed by atoms with van der Waals surface area (Å²) < 4.78 is 10.1. The molecule has 10 heteroatoms. The first-order valence-electron chi connectivity index (χ1n) is 11.2. The molecule has 2 heterocycles. The van der Waals surface area contributed by atoms with Gasteiger partial charge in [0, 0.05) is 24.5 Å². The van der Waals surface area contributed by atoms with E-state index in [1.807, 2.05) is 0 Å². The maximum atomic E-state index is 13.1. The van der Waals surface area contributed by atoms with Gasteiger partial charge in [0.15, 0.2) is 0 Å². The van der Waals surface area contributed by atoms with E-state index in [9.17, 15) is 19.6 Å².